The molecule has 1 aromatic heterocycles. The maximum atomic E-state index is 13.2. The van der Waals surface area contributed by atoms with E-state index < -0.39 is 0 Å². The van der Waals surface area contributed by atoms with E-state index in [2.05, 4.69) is 72.8 Å². The van der Waals surface area contributed by atoms with Crippen molar-refractivity contribution in [2.24, 2.45) is 0 Å². The largest absolute Gasteiger partial charge is 0.373 e. The number of carbonyl (C=O) groups is 2. The molecule has 10 heteroatoms. The molecule has 2 N–H and O–H groups in total. The van der Waals surface area contributed by atoms with Gasteiger partial charge in [0, 0.05) is 64.4 Å². The zero-order chi connectivity index (χ0) is 29.8. The van der Waals surface area contributed by atoms with Crippen LogP contribution in [-0.4, -0.2) is 87.8 Å². The molecule has 3 aliphatic rings. The summed E-state index contributed by atoms with van der Waals surface area (Å²) < 4.78 is 2.21. The van der Waals surface area contributed by atoms with Gasteiger partial charge in [-0.05, 0) is 55.5 Å². The van der Waals surface area contributed by atoms with Crippen molar-refractivity contribution in [3.8, 4) is 0 Å². The molecule has 0 radical (unpaired) electrons. The molecule has 9 nitrogen and oxygen atoms in total. The number of benzene rings is 2. The van der Waals surface area contributed by atoms with Crippen molar-refractivity contribution in [1.29, 1.82) is 0 Å². The Kier molecular flexibility index (Phi) is 9.35. The Morgan fingerprint density at radius 1 is 1.02 bits per heavy atom. The minimum Gasteiger partial charge on any atom is -0.373 e. The minimum absolute atomic E-state index is 0.0716. The summed E-state index contributed by atoms with van der Waals surface area (Å²) in [5, 5.41) is 8.75. The Hall–Kier alpha value is -3.34. The fourth-order valence-electron chi connectivity index (χ4n) is 6.42. The molecule has 2 amide bonds. The fraction of sp³-hybridized carbons (Fsp3) is 0.485. The number of hydrogen-bond donors (Lipinski definition) is 2. The molecule has 2 aromatic carbocycles. The van der Waals surface area contributed by atoms with Gasteiger partial charge in [-0.3, -0.25) is 14.5 Å². The van der Waals surface area contributed by atoms with Gasteiger partial charge in [-0.2, -0.15) is 0 Å². The molecule has 2 atom stereocenters. The third kappa shape index (κ3) is 7.25. The van der Waals surface area contributed by atoms with Crippen LogP contribution in [0.5, 0.6) is 0 Å². The van der Waals surface area contributed by atoms with E-state index in [1.807, 2.05) is 30.0 Å². The number of hydrogen-bond acceptors (Lipinski definition) is 7. The molecule has 3 aromatic rings. The Labute approximate surface area is 258 Å². The molecule has 0 spiro atoms. The van der Waals surface area contributed by atoms with Crippen LogP contribution in [-0.2, 0) is 22.7 Å². The van der Waals surface area contributed by atoms with Gasteiger partial charge >= 0.3 is 0 Å². The monoisotopic (exact) mass is 601 g/mol. The van der Waals surface area contributed by atoms with Gasteiger partial charge in [-0.15, -0.1) is 11.8 Å². The van der Waals surface area contributed by atoms with Crippen LogP contribution in [0.4, 0.5) is 0 Å². The van der Waals surface area contributed by atoms with Gasteiger partial charge in [-0.25, -0.2) is 4.98 Å². The van der Waals surface area contributed by atoms with Crippen LogP contribution in [0, 0.1) is 6.92 Å². The van der Waals surface area contributed by atoms with E-state index in [1.54, 1.807) is 11.8 Å². The van der Waals surface area contributed by atoms with Crippen molar-refractivity contribution in [1.82, 2.24) is 34.9 Å². The van der Waals surface area contributed by atoms with Crippen molar-refractivity contribution >= 4 is 34.6 Å². The number of fused-ring (bicyclic) bond motifs is 1. The molecule has 0 aliphatic carbocycles. The number of piperazine rings is 1. The predicted octanol–water partition coefficient (Wildman–Crippen LogP) is 3.86. The van der Waals surface area contributed by atoms with Gasteiger partial charge in [0.25, 0.3) is 0 Å². The van der Waals surface area contributed by atoms with Crippen molar-refractivity contribution in [3.05, 3.63) is 76.6 Å². The molecule has 2 saturated heterocycles. The highest BCUT2D eigenvalue weighted by molar-refractivity contribution is 8.03. The SMILES string of the molecule is Cc1nc2ccccc2n1CC1=CSC(CNC(=O)CCC(=O)N2CCCC2c2cccc(CN3CCN(C)CC3)c2)N1. The second kappa shape index (κ2) is 13.5. The molecule has 0 bridgehead atoms. The number of thioether (sulfide) groups is 1. The summed E-state index contributed by atoms with van der Waals surface area (Å²) in [5.41, 5.74) is 5.75. The van der Waals surface area contributed by atoms with E-state index in [-0.39, 0.29) is 36.1 Å². The minimum atomic E-state index is -0.0782. The quantitative estimate of drug-likeness (QED) is 0.365. The maximum absolute atomic E-state index is 13.2. The van der Waals surface area contributed by atoms with E-state index in [1.165, 1.54) is 11.1 Å². The first-order valence-corrected chi connectivity index (χ1v) is 16.5. The van der Waals surface area contributed by atoms with E-state index in [0.29, 0.717) is 13.1 Å². The van der Waals surface area contributed by atoms with Gasteiger partial charge in [0.2, 0.25) is 11.8 Å². The van der Waals surface area contributed by atoms with Gasteiger partial charge < -0.3 is 25.0 Å². The first-order chi connectivity index (χ1) is 20.9. The summed E-state index contributed by atoms with van der Waals surface area (Å²) in [4.78, 5) is 37.5. The lowest BCUT2D eigenvalue weighted by Gasteiger charge is -2.32. The number of nitrogens with zero attached hydrogens (tertiary/aromatic N) is 5. The summed E-state index contributed by atoms with van der Waals surface area (Å²) >= 11 is 1.68. The molecule has 3 aliphatic heterocycles. The van der Waals surface area contributed by atoms with Gasteiger partial charge in [0.05, 0.1) is 29.0 Å². The Bertz CT molecular complexity index is 1480. The molecule has 0 saturated carbocycles. The normalized spacial score (nSPS) is 21.3. The van der Waals surface area contributed by atoms with Crippen LogP contribution in [0.3, 0.4) is 0 Å². The number of rotatable bonds is 10. The highest BCUT2D eigenvalue weighted by Gasteiger charge is 2.30. The van der Waals surface area contributed by atoms with E-state index in [9.17, 15) is 9.59 Å². The van der Waals surface area contributed by atoms with E-state index in [4.69, 9.17) is 0 Å². The number of nitrogens with one attached hydrogen (secondary N) is 2. The summed E-state index contributed by atoms with van der Waals surface area (Å²) in [5.74, 6) is 0.974. The smallest absolute Gasteiger partial charge is 0.223 e. The van der Waals surface area contributed by atoms with E-state index in [0.717, 1.165) is 74.7 Å². The van der Waals surface area contributed by atoms with Crippen molar-refractivity contribution in [3.63, 3.8) is 0 Å². The van der Waals surface area contributed by atoms with Gasteiger partial charge in [0.15, 0.2) is 0 Å². The van der Waals surface area contributed by atoms with Gasteiger partial charge in [-0.1, -0.05) is 36.4 Å². The van der Waals surface area contributed by atoms with Crippen LogP contribution in [0.25, 0.3) is 11.0 Å². The third-order valence-electron chi connectivity index (χ3n) is 8.86. The first-order valence-electron chi connectivity index (χ1n) is 15.5. The van der Waals surface area contributed by atoms with Crippen LogP contribution in [0.2, 0.25) is 0 Å². The zero-order valence-electron chi connectivity index (χ0n) is 25.3. The van der Waals surface area contributed by atoms with E-state index >= 15 is 0 Å². The average Bonchev–Trinajstić information content (AvgIpc) is 3.76. The number of aryl methyl sites for hydroxylation is 1. The first kappa shape index (κ1) is 29.7. The summed E-state index contributed by atoms with van der Waals surface area (Å²) in [6.07, 6.45) is 2.43. The number of likely N-dealkylation sites (N-methyl/N-ethyl adjacent to an activating group) is 1. The lowest BCUT2D eigenvalue weighted by molar-refractivity contribution is -0.134. The molecule has 6 rings (SSSR count). The van der Waals surface area contributed by atoms with Crippen molar-refractivity contribution in [2.45, 2.75) is 57.1 Å². The molecule has 43 heavy (non-hydrogen) atoms. The molecule has 4 heterocycles. The lowest BCUT2D eigenvalue weighted by atomic mass is 10.0. The number of amides is 2. The molecular weight excluding hydrogens is 558 g/mol. The Morgan fingerprint density at radius 3 is 2.72 bits per heavy atom. The molecule has 2 fully saturated rings. The second-order valence-electron chi connectivity index (χ2n) is 12.0. The zero-order valence-corrected chi connectivity index (χ0v) is 26.1. The number of allylic oxidation sites excluding steroid dienone is 1. The number of para-hydroxylation sites is 2. The summed E-state index contributed by atoms with van der Waals surface area (Å²) in [7, 11) is 2.18. The number of likely N-dealkylation sites (tertiary alicyclic amines) is 1. The van der Waals surface area contributed by atoms with Crippen LogP contribution in [0.15, 0.2) is 59.6 Å². The van der Waals surface area contributed by atoms with Gasteiger partial charge in [0.1, 0.15) is 5.82 Å². The van der Waals surface area contributed by atoms with Crippen LogP contribution in [0.1, 0.15) is 48.7 Å². The Balaban J connectivity index is 0.943. The number of carbonyl (C=O) groups excluding carboxylic acids is 2. The number of imidazole rings is 1. The second-order valence-corrected chi connectivity index (χ2v) is 13.1. The van der Waals surface area contributed by atoms with Crippen LogP contribution >= 0.6 is 11.8 Å². The molecule has 228 valence electrons. The fourth-order valence-corrected chi connectivity index (χ4v) is 7.29. The highest BCUT2D eigenvalue weighted by Crippen LogP contribution is 2.33. The maximum Gasteiger partial charge on any atom is 0.223 e. The average molecular weight is 602 g/mol. The highest BCUT2D eigenvalue weighted by atomic mass is 32.2. The molecular formula is C33H43N7O2S. The van der Waals surface area contributed by atoms with Crippen molar-refractivity contribution < 1.29 is 9.59 Å². The van der Waals surface area contributed by atoms with Crippen LogP contribution < -0.4 is 10.6 Å². The number of aromatic nitrogens is 2. The lowest BCUT2D eigenvalue weighted by Crippen LogP contribution is -2.43. The summed E-state index contributed by atoms with van der Waals surface area (Å²) in [6, 6.07) is 17.0. The predicted molar refractivity (Wildman–Crippen MR) is 172 cm³/mol. The molecule has 2 unspecified atom stereocenters. The third-order valence-corrected chi connectivity index (χ3v) is 9.89. The standard InChI is InChI=1S/C33H43N7O2S/c1-24-35-28-9-3-4-10-30(28)40(24)22-27-23-43-32(36-27)20-34-31(41)12-13-33(42)39-14-6-11-29(39)26-8-5-7-25(19-26)21-38-17-15-37(2)16-18-38/h3-5,7-10,19,23,29,32,36H,6,11-18,20-22H2,1-2H3,(H,34,41). The topological polar surface area (TPSA) is 85.7 Å². The Morgan fingerprint density at radius 2 is 1.86 bits per heavy atom. The van der Waals surface area contributed by atoms with Crippen molar-refractivity contribution in [2.75, 3.05) is 46.3 Å². The summed E-state index contributed by atoms with van der Waals surface area (Å²) in [6.45, 7) is 9.36.